The van der Waals surface area contributed by atoms with Crippen molar-refractivity contribution in [3.63, 3.8) is 0 Å². The smallest absolute Gasteiger partial charge is 0.188 e. The van der Waals surface area contributed by atoms with Crippen molar-refractivity contribution in [2.45, 2.75) is 26.2 Å². The molecule has 1 unspecified atom stereocenters. The largest absolute Gasteiger partial charge is 0.382 e. The first kappa shape index (κ1) is 21.0. The predicted octanol–water partition coefficient (Wildman–Crippen LogP) is 3.02. The number of nitrogens with zero attached hydrogens (tertiary/aromatic N) is 1. The van der Waals surface area contributed by atoms with Crippen molar-refractivity contribution in [1.82, 2.24) is 5.32 Å². The van der Waals surface area contributed by atoms with Crippen LogP contribution >= 0.6 is 24.0 Å². The lowest BCUT2D eigenvalue weighted by atomic mass is 10.0. The van der Waals surface area contributed by atoms with E-state index in [0.29, 0.717) is 37.8 Å². The molecule has 0 amide bonds. The van der Waals surface area contributed by atoms with Gasteiger partial charge in [0, 0.05) is 38.3 Å². The van der Waals surface area contributed by atoms with Crippen molar-refractivity contribution in [3.05, 3.63) is 35.4 Å². The van der Waals surface area contributed by atoms with E-state index in [1.165, 1.54) is 12.1 Å². The van der Waals surface area contributed by atoms with Crippen LogP contribution in [0.4, 0.5) is 8.78 Å². The van der Waals surface area contributed by atoms with Crippen LogP contribution in [0.25, 0.3) is 0 Å². The minimum absolute atomic E-state index is 0. The van der Waals surface area contributed by atoms with Gasteiger partial charge >= 0.3 is 0 Å². The van der Waals surface area contributed by atoms with Gasteiger partial charge in [-0.05, 0) is 25.0 Å². The Bertz CT molecular complexity index is 472. The molecule has 1 atom stereocenters. The lowest BCUT2D eigenvalue weighted by molar-refractivity contribution is 0.145. The monoisotopic (exact) mass is 427 g/mol. The number of hydrogen-bond donors (Lipinski definition) is 2. The van der Waals surface area contributed by atoms with Crippen molar-refractivity contribution >= 4 is 29.9 Å². The number of nitrogens with one attached hydrogen (secondary N) is 1. The highest BCUT2D eigenvalue weighted by Gasteiger charge is 2.11. The number of rotatable bonds is 8. The summed E-state index contributed by atoms with van der Waals surface area (Å²) in [6, 6.07) is 3.56. The van der Waals surface area contributed by atoms with Gasteiger partial charge in [-0.2, -0.15) is 0 Å². The number of halogens is 3. The zero-order chi connectivity index (χ0) is 15.7. The first-order valence-corrected chi connectivity index (χ1v) is 7.11. The molecule has 0 saturated heterocycles. The average Bonchev–Trinajstić information content (AvgIpc) is 2.44. The number of guanidine groups is 1. The Labute approximate surface area is 147 Å². The van der Waals surface area contributed by atoms with Crippen LogP contribution < -0.4 is 11.1 Å². The van der Waals surface area contributed by atoms with E-state index in [0.717, 1.165) is 12.5 Å². The molecule has 1 rings (SSSR count). The molecular formula is C15H24F2IN3O. The summed E-state index contributed by atoms with van der Waals surface area (Å²) in [5.41, 5.74) is 6.16. The maximum Gasteiger partial charge on any atom is 0.188 e. The second kappa shape index (κ2) is 11.6. The van der Waals surface area contributed by atoms with Crippen LogP contribution in [-0.2, 0) is 4.74 Å². The highest BCUT2D eigenvalue weighted by molar-refractivity contribution is 14.0. The molecule has 0 bridgehead atoms. The zero-order valence-electron chi connectivity index (χ0n) is 12.9. The molecule has 3 N–H and O–H groups in total. The maximum absolute atomic E-state index is 13.6. The lowest BCUT2D eigenvalue weighted by Gasteiger charge is -2.11. The summed E-state index contributed by atoms with van der Waals surface area (Å²) in [6.45, 7) is 6.15. The number of aliphatic imine (C=N–C) groups is 1. The van der Waals surface area contributed by atoms with E-state index in [-0.39, 0.29) is 29.9 Å². The van der Waals surface area contributed by atoms with E-state index in [4.69, 9.17) is 10.5 Å². The molecule has 0 aromatic heterocycles. The van der Waals surface area contributed by atoms with Gasteiger partial charge in [-0.15, -0.1) is 24.0 Å². The van der Waals surface area contributed by atoms with Crippen LogP contribution in [0.5, 0.6) is 0 Å². The van der Waals surface area contributed by atoms with Gasteiger partial charge < -0.3 is 15.8 Å². The van der Waals surface area contributed by atoms with Crippen LogP contribution in [0, 0.1) is 11.6 Å². The van der Waals surface area contributed by atoms with Crippen molar-refractivity contribution in [3.8, 4) is 0 Å². The molecule has 0 heterocycles. The van der Waals surface area contributed by atoms with E-state index >= 15 is 0 Å². The molecule has 0 radical (unpaired) electrons. The van der Waals surface area contributed by atoms with Crippen molar-refractivity contribution in [1.29, 1.82) is 0 Å². The van der Waals surface area contributed by atoms with E-state index in [9.17, 15) is 8.78 Å². The lowest BCUT2D eigenvalue weighted by Crippen LogP contribution is -2.33. The predicted molar refractivity (Wildman–Crippen MR) is 95.8 cm³/mol. The fourth-order valence-corrected chi connectivity index (χ4v) is 1.83. The Morgan fingerprint density at radius 2 is 2.14 bits per heavy atom. The van der Waals surface area contributed by atoms with Crippen molar-refractivity contribution in [2.75, 3.05) is 26.3 Å². The van der Waals surface area contributed by atoms with Gasteiger partial charge in [0.25, 0.3) is 0 Å². The summed E-state index contributed by atoms with van der Waals surface area (Å²) in [7, 11) is 0. The third-order valence-electron chi connectivity index (χ3n) is 3.00. The molecule has 4 nitrogen and oxygen atoms in total. The number of nitrogens with two attached hydrogens (primary N) is 1. The molecule has 0 saturated carbocycles. The molecule has 1 aromatic rings. The Morgan fingerprint density at radius 1 is 1.41 bits per heavy atom. The average molecular weight is 427 g/mol. The second-order valence-corrected chi connectivity index (χ2v) is 4.77. The van der Waals surface area contributed by atoms with Gasteiger partial charge in [-0.25, -0.2) is 8.78 Å². The van der Waals surface area contributed by atoms with Gasteiger partial charge in [-0.3, -0.25) is 4.99 Å². The minimum atomic E-state index is -0.581. The van der Waals surface area contributed by atoms with E-state index < -0.39 is 11.6 Å². The number of ether oxygens (including phenoxy) is 1. The fourth-order valence-electron chi connectivity index (χ4n) is 1.83. The summed E-state index contributed by atoms with van der Waals surface area (Å²) < 4.78 is 31.6. The van der Waals surface area contributed by atoms with Crippen LogP contribution in [0.1, 0.15) is 31.7 Å². The SMILES string of the molecule is CCOCCCNC(N)=NCC(C)c1ccc(F)cc1F.I. The van der Waals surface area contributed by atoms with Crippen LogP contribution in [0.2, 0.25) is 0 Å². The fraction of sp³-hybridized carbons (Fsp3) is 0.533. The number of benzene rings is 1. The second-order valence-electron chi connectivity index (χ2n) is 4.77. The number of hydrogen-bond acceptors (Lipinski definition) is 2. The molecule has 0 spiro atoms. The first-order valence-electron chi connectivity index (χ1n) is 7.11. The summed E-state index contributed by atoms with van der Waals surface area (Å²) in [4.78, 5) is 4.16. The third-order valence-corrected chi connectivity index (χ3v) is 3.00. The standard InChI is InChI=1S/C15H23F2N3O.HI/c1-3-21-8-4-7-19-15(18)20-10-11(2)13-6-5-12(16)9-14(13)17;/h5-6,9,11H,3-4,7-8,10H2,1-2H3,(H3,18,19,20);1H. The van der Waals surface area contributed by atoms with E-state index in [1.54, 1.807) is 0 Å². The molecule has 0 fully saturated rings. The Balaban J connectivity index is 0.00000441. The summed E-state index contributed by atoms with van der Waals surface area (Å²) in [5, 5.41) is 2.97. The van der Waals surface area contributed by atoms with Gasteiger partial charge in [0.15, 0.2) is 5.96 Å². The molecule has 22 heavy (non-hydrogen) atoms. The van der Waals surface area contributed by atoms with Crippen molar-refractivity contribution < 1.29 is 13.5 Å². The summed E-state index contributed by atoms with van der Waals surface area (Å²) >= 11 is 0. The van der Waals surface area contributed by atoms with Gasteiger partial charge in [0.05, 0.1) is 0 Å². The Hall–Kier alpha value is -0.960. The molecular weight excluding hydrogens is 403 g/mol. The highest BCUT2D eigenvalue weighted by Crippen LogP contribution is 2.19. The van der Waals surface area contributed by atoms with Gasteiger partial charge in [0.1, 0.15) is 11.6 Å². The van der Waals surface area contributed by atoms with Gasteiger partial charge in [-0.1, -0.05) is 13.0 Å². The quantitative estimate of drug-likeness (QED) is 0.290. The van der Waals surface area contributed by atoms with Gasteiger partial charge in [0.2, 0.25) is 0 Å². The summed E-state index contributed by atoms with van der Waals surface area (Å²) in [6.07, 6.45) is 0.839. The van der Waals surface area contributed by atoms with Crippen LogP contribution in [-0.4, -0.2) is 32.3 Å². The van der Waals surface area contributed by atoms with Crippen LogP contribution in [0.3, 0.4) is 0 Å². The van der Waals surface area contributed by atoms with Crippen molar-refractivity contribution in [2.24, 2.45) is 10.7 Å². The molecule has 7 heteroatoms. The highest BCUT2D eigenvalue weighted by atomic mass is 127. The zero-order valence-corrected chi connectivity index (χ0v) is 15.3. The molecule has 126 valence electrons. The normalized spacial score (nSPS) is 12.6. The minimum Gasteiger partial charge on any atom is -0.382 e. The topological polar surface area (TPSA) is 59.6 Å². The summed E-state index contributed by atoms with van der Waals surface area (Å²) in [5.74, 6) is -0.987. The molecule has 0 aliphatic carbocycles. The maximum atomic E-state index is 13.6. The molecule has 1 aromatic carbocycles. The van der Waals surface area contributed by atoms with E-state index in [1.807, 2.05) is 13.8 Å². The molecule has 0 aliphatic rings. The first-order chi connectivity index (χ1) is 10.0. The van der Waals surface area contributed by atoms with E-state index in [2.05, 4.69) is 10.3 Å². The molecule has 0 aliphatic heterocycles. The Kier molecular flexibility index (Phi) is 11.1. The van der Waals surface area contributed by atoms with Crippen LogP contribution in [0.15, 0.2) is 23.2 Å². The Morgan fingerprint density at radius 3 is 2.77 bits per heavy atom. The third kappa shape index (κ3) is 7.88.